The van der Waals surface area contributed by atoms with Crippen LogP contribution in [0.1, 0.15) is 27.2 Å². The first-order chi connectivity index (χ1) is 6.51. The van der Waals surface area contributed by atoms with Gasteiger partial charge in [0.2, 0.25) is 5.96 Å². The van der Waals surface area contributed by atoms with Gasteiger partial charge in [-0.3, -0.25) is 5.41 Å². The van der Waals surface area contributed by atoms with Gasteiger partial charge in [-0.15, -0.1) is 12.4 Å². The van der Waals surface area contributed by atoms with Gasteiger partial charge in [0, 0.05) is 13.1 Å². The van der Waals surface area contributed by atoms with Crippen molar-refractivity contribution in [1.82, 2.24) is 4.90 Å². The summed E-state index contributed by atoms with van der Waals surface area (Å²) in [6.07, 6.45) is 1.10. The zero-order chi connectivity index (χ0) is 11.1. The zero-order valence-corrected chi connectivity index (χ0v) is 10.5. The van der Waals surface area contributed by atoms with Crippen molar-refractivity contribution in [3.8, 4) is 0 Å². The average Bonchev–Trinajstić information content (AvgIpc) is 2.12. The summed E-state index contributed by atoms with van der Waals surface area (Å²) in [6, 6.07) is 0. The molecule has 0 aliphatic heterocycles. The van der Waals surface area contributed by atoms with Crippen LogP contribution in [0.2, 0.25) is 0 Å². The fraction of sp³-hybridized carbons (Fsp3) is 0.778. The summed E-state index contributed by atoms with van der Waals surface area (Å²) in [5.74, 6) is 0.654. The lowest BCUT2D eigenvalue weighted by Crippen LogP contribution is -2.40. The van der Waals surface area contributed by atoms with Gasteiger partial charge >= 0.3 is 0 Å². The molecule has 0 spiro atoms. The number of nitrogens with zero attached hydrogens (tertiary/aromatic N) is 2. The van der Waals surface area contributed by atoms with Gasteiger partial charge in [-0.25, -0.2) is 0 Å². The standard InChI is InChI=1S/C9H21N5.ClH/c1-4-7(3)6-14(5-2)9(12)13-8(10)11;/h7H,4-6H2,1-3H3,(H5,10,11,12,13);1H. The molecule has 0 heterocycles. The molecule has 1 atom stereocenters. The highest BCUT2D eigenvalue weighted by Crippen LogP contribution is 2.03. The van der Waals surface area contributed by atoms with Crippen molar-refractivity contribution >= 4 is 24.3 Å². The monoisotopic (exact) mass is 235 g/mol. The Hall–Kier alpha value is -0.970. The fourth-order valence-corrected chi connectivity index (χ4v) is 1.08. The van der Waals surface area contributed by atoms with Gasteiger partial charge in [-0.2, -0.15) is 4.99 Å². The lowest BCUT2D eigenvalue weighted by Gasteiger charge is -2.24. The predicted octanol–water partition coefficient (Wildman–Crippen LogP) is 0.984. The van der Waals surface area contributed by atoms with Gasteiger partial charge in [0.1, 0.15) is 0 Å². The zero-order valence-electron chi connectivity index (χ0n) is 9.66. The average molecular weight is 236 g/mol. The molecule has 0 aliphatic rings. The Labute approximate surface area is 97.8 Å². The fourth-order valence-electron chi connectivity index (χ4n) is 1.08. The molecule has 0 fully saturated rings. The Bertz CT molecular complexity index is 217. The van der Waals surface area contributed by atoms with E-state index in [1.54, 1.807) is 0 Å². The SMILES string of the molecule is CCC(C)CN(CC)C(N)=NC(=N)N.Cl. The normalized spacial score (nSPS) is 12.9. The molecule has 0 amide bonds. The van der Waals surface area contributed by atoms with Crippen LogP contribution in [0.5, 0.6) is 0 Å². The summed E-state index contributed by atoms with van der Waals surface area (Å²) in [5, 5.41) is 7.00. The second-order valence-electron chi connectivity index (χ2n) is 3.41. The second-order valence-corrected chi connectivity index (χ2v) is 3.41. The maximum Gasteiger partial charge on any atom is 0.215 e. The van der Waals surface area contributed by atoms with Crippen LogP contribution in [0.4, 0.5) is 0 Å². The third-order valence-electron chi connectivity index (χ3n) is 2.17. The molecule has 1 unspecified atom stereocenters. The smallest absolute Gasteiger partial charge is 0.215 e. The third kappa shape index (κ3) is 7.02. The van der Waals surface area contributed by atoms with E-state index >= 15 is 0 Å². The Balaban J connectivity index is 0. The minimum atomic E-state index is -0.245. The molecule has 0 aromatic heterocycles. The first kappa shape index (κ1) is 16.5. The quantitative estimate of drug-likeness (QED) is 0.501. The van der Waals surface area contributed by atoms with Gasteiger partial charge in [-0.05, 0) is 12.8 Å². The van der Waals surface area contributed by atoms with Crippen LogP contribution in [-0.2, 0) is 0 Å². The number of rotatable bonds is 4. The molecule has 0 rings (SSSR count). The summed E-state index contributed by atoms with van der Waals surface area (Å²) in [4.78, 5) is 5.64. The van der Waals surface area contributed by atoms with Crippen LogP contribution in [0.25, 0.3) is 0 Å². The maximum absolute atomic E-state index is 7.00. The molecule has 5 N–H and O–H groups in total. The number of nitrogens with one attached hydrogen (secondary N) is 1. The molecular formula is C9H22ClN5. The van der Waals surface area contributed by atoms with Gasteiger partial charge in [0.15, 0.2) is 5.96 Å². The lowest BCUT2D eigenvalue weighted by molar-refractivity contribution is 0.356. The third-order valence-corrected chi connectivity index (χ3v) is 2.17. The Morgan fingerprint density at radius 3 is 2.27 bits per heavy atom. The van der Waals surface area contributed by atoms with E-state index < -0.39 is 0 Å². The van der Waals surface area contributed by atoms with Crippen LogP contribution in [0.15, 0.2) is 4.99 Å². The van der Waals surface area contributed by atoms with Crippen molar-refractivity contribution in [2.24, 2.45) is 22.4 Å². The molecule has 6 heteroatoms. The van der Waals surface area contributed by atoms with Crippen molar-refractivity contribution in [1.29, 1.82) is 5.41 Å². The van der Waals surface area contributed by atoms with Crippen LogP contribution < -0.4 is 11.5 Å². The van der Waals surface area contributed by atoms with E-state index in [0.29, 0.717) is 11.9 Å². The molecule has 0 aromatic rings. The Morgan fingerprint density at radius 2 is 1.93 bits per heavy atom. The summed E-state index contributed by atoms with van der Waals surface area (Å²) >= 11 is 0. The molecule has 0 aliphatic carbocycles. The minimum Gasteiger partial charge on any atom is -0.369 e. The van der Waals surface area contributed by atoms with E-state index in [4.69, 9.17) is 16.9 Å². The summed E-state index contributed by atoms with van der Waals surface area (Å²) in [7, 11) is 0. The molecule has 15 heavy (non-hydrogen) atoms. The summed E-state index contributed by atoms with van der Waals surface area (Å²) in [6.45, 7) is 7.94. The van der Waals surface area contributed by atoms with E-state index in [2.05, 4.69) is 18.8 Å². The lowest BCUT2D eigenvalue weighted by atomic mass is 10.1. The number of aliphatic imine (C=N–C) groups is 1. The molecule has 90 valence electrons. The van der Waals surface area contributed by atoms with Crippen LogP contribution in [0, 0.1) is 11.3 Å². The first-order valence-electron chi connectivity index (χ1n) is 4.94. The van der Waals surface area contributed by atoms with Crippen molar-refractivity contribution in [2.75, 3.05) is 13.1 Å². The predicted molar refractivity (Wildman–Crippen MR) is 67.5 cm³/mol. The first-order valence-corrected chi connectivity index (χ1v) is 4.94. The van der Waals surface area contributed by atoms with Crippen LogP contribution in [0.3, 0.4) is 0 Å². The molecule has 0 saturated carbocycles. The Morgan fingerprint density at radius 1 is 1.40 bits per heavy atom. The molecule has 5 nitrogen and oxygen atoms in total. The van der Waals surface area contributed by atoms with Gasteiger partial charge in [-0.1, -0.05) is 20.3 Å². The number of hydrogen-bond donors (Lipinski definition) is 3. The highest BCUT2D eigenvalue weighted by Gasteiger charge is 2.09. The van der Waals surface area contributed by atoms with Crippen molar-refractivity contribution in [3.05, 3.63) is 0 Å². The maximum atomic E-state index is 7.00. The highest BCUT2D eigenvalue weighted by atomic mass is 35.5. The van der Waals surface area contributed by atoms with E-state index in [1.165, 1.54) is 0 Å². The van der Waals surface area contributed by atoms with E-state index in [0.717, 1.165) is 19.5 Å². The van der Waals surface area contributed by atoms with Gasteiger partial charge in [0.05, 0.1) is 0 Å². The van der Waals surface area contributed by atoms with Crippen molar-refractivity contribution < 1.29 is 0 Å². The van der Waals surface area contributed by atoms with Gasteiger partial charge in [0.25, 0.3) is 0 Å². The number of nitrogens with two attached hydrogens (primary N) is 2. The number of hydrogen-bond acceptors (Lipinski definition) is 1. The number of guanidine groups is 2. The minimum absolute atomic E-state index is 0. The Kier molecular flexibility index (Phi) is 9.16. The van der Waals surface area contributed by atoms with Gasteiger partial charge < -0.3 is 16.4 Å². The van der Waals surface area contributed by atoms with Crippen molar-refractivity contribution in [2.45, 2.75) is 27.2 Å². The summed E-state index contributed by atoms with van der Waals surface area (Å²) in [5.41, 5.74) is 10.8. The highest BCUT2D eigenvalue weighted by molar-refractivity contribution is 5.91. The van der Waals surface area contributed by atoms with Crippen LogP contribution >= 0.6 is 12.4 Å². The van der Waals surface area contributed by atoms with E-state index in [9.17, 15) is 0 Å². The van der Waals surface area contributed by atoms with Crippen molar-refractivity contribution in [3.63, 3.8) is 0 Å². The van der Waals surface area contributed by atoms with E-state index in [1.807, 2.05) is 11.8 Å². The number of halogens is 1. The molecule has 0 aromatic carbocycles. The molecule has 0 saturated heterocycles. The largest absolute Gasteiger partial charge is 0.369 e. The molecule has 0 radical (unpaired) electrons. The second kappa shape index (κ2) is 8.35. The van der Waals surface area contributed by atoms with Crippen LogP contribution in [-0.4, -0.2) is 29.9 Å². The topological polar surface area (TPSA) is 91.5 Å². The molecular weight excluding hydrogens is 214 g/mol. The summed E-state index contributed by atoms with van der Waals surface area (Å²) < 4.78 is 0. The molecule has 0 bridgehead atoms. The van der Waals surface area contributed by atoms with E-state index in [-0.39, 0.29) is 18.4 Å².